The Bertz CT molecular complexity index is 409. The van der Waals surface area contributed by atoms with Gasteiger partial charge in [0.2, 0.25) is 0 Å². The number of imidazole rings is 1. The Hall–Kier alpha value is -0.390. The number of halogens is 1. The molecule has 17 heavy (non-hydrogen) atoms. The van der Waals surface area contributed by atoms with Crippen LogP contribution in [0.15, 0.2) is 17.8 Å². The molecule has 0 radical (unpaired) electrons. The maximum atomic E-state index is 4.53. The van der Waals surface area contributed by atoms with Crippen LogP contribution < -0.4 is 5.32 Å². The van der Waals surface area contributed by atoms with E-state index in [1.165, 1.54) is 25.7 Å². The summed E-state index contributed by atoms with van der Waals surface area (Å²) in [6.45, 7) is 1.97. The van der Waals surface area contributed by atoms with Crippen LogP contribution in [0.4, 0.5) is 0 Å². The number of hydrogen-bond donors (Lipinski definition) is 1. The number of alkyl halides is 1. The third kappa shape index (κ3) is 4.08. The summed E-state index contributed by atoms with van der Waals surface area (Å²) in [5, 5.41) is 6.64. The third-order valence-electron chi connectivity index (χ3n) is 2.69. The summed E-state index contributed by atoms with van der Waals surface area (Å²) in [6, 6.07) is 0. The third-order valence-corrected chi connectivity index (χ3v) is 4.02. The number of nitrogens with zero attached hydrogens (tertiary/aromatic N) is 2. The maximum Gasteiger partial charge on any atom is 0.193 e. The van der Waals surface area contributed by atoms with E-state index in [1.54, 1.807) is 11.3 Å². The molecule has 0 spiro atoms. The fourth-order valence-corrected chi connectivity index (χ4v) is 2.89. The minimum atomic E-state index is 0.882. The first-order valence-corrected chi connectivity index (χ1v) is 8.08. The summed E-state index contributed by atoms with van der Waals surface area (Å²) in [5.74, 6) is 0. The quantitative estimate of drug-likeness (QED) is 0.597. The number of unbranched alkanes of at least 4 members (excludes halogenated alkanes) is 3. The van der Waals surface area contributed by atoms with Gasteiger partial charge in [-0.3, -0.25) is 4.40 Å². The van der Waals surface area contributed by atoms with E-state index in [2.05, 4.69) is 48.4 Å². The van der Waals surface area contributed by atoms with Gasteiger partial charge in [0.25, 0.3) is 0 Å². The van der Waals surface area contributed by atoms with Crippen molar-refractivity contribution in [1.82, 2.24) is 14.7 Å². The van der Waals surface area contributed by atoms with Crippen LogP contribution in [0.3, 0.4) is 0 Å². The van der Waals surface area contributed by atoms with Gasteiger partial charge in [0, 0.05) is 29.6 Å². The van der Waals surface area contributed by atoms with Crippen molar-refractivity contribution in [2.75, 3.05) is 11.9 Å². The number of rotatable bonds is 8. The zero-order valence-electron chi connectivity index (χ0n) is 9.86. The molecule has 2 rings (SSSR count). The molecule has 2 heterocycles. The molecular formula is C12H18BrN3S. The lowest BCUT2D eigenvalue weighted by Gasteiger charge is -2.01. The second kappa shape index (κ2) is 7.13. The zero-order valence-corrected chi connectivity index (χ0v) is 12.3. The Morgan fingerprint density at radius 3 is 3.00 bits per heavy atom. The van der Waals surface area contributed by atoms with Gasteiger partial charge >= 0.3 is 0 Å². The standard InChI is InChI=1S/C12H18BrN3S/c13-5-3-1-2-4-6-14-9-11-10-16-7-8-17-12(16)15-11/h7-8,10,14H,1-6,9H2. The highest BCUT2D eigenvalue weighted by molar-refractivity contribution is 9.09. The predicted octanol–water partition coefficient (Wildman–Crippen LogP) is 3.44. The van der Waals surface area contributed by atoms with Crippen LogP contribution in [-0.4, -0.2) is 21.3 Å². The molecule has 0 atom stereocenters. The molecule has 0 aliphatic heterocycles. The summed E-state index contributed by atoms with van der Waals surface area (Å²) < 4.78 is 2.08. The van der Waals surface area contributed by atoms with Crippen molar-refractivity contribution in [2.45, 2.75) is 32.2 Å². The number of fused-ring (bicyclic) bond motifs is 1. The molecular weight excluding hydrogens is 298 g/mol. The first kappa shape index (κ1) is 13.1. The molecule has 0 unspecified atom stereocenters. The van der Waals surface area contributed by atoms with Crippen LogP contribution in [0.5, 0.6) is 0 Å². The Morgan fingerprint density at radius 2 is 2.18 bits per heavy atom. The van der Waals surface area contributed by atoms with Gasteiger partial charge in [-0.1, -0.05) is 28.8 Å². The van der Waals surface area contributed by atoms with Crippen LogP contribution in [-0.2, 0) is 6.54 Å². The van der Waals surface area contributed by atoms with Gasteiger partial charge in [0.15, 0.2) is 4.96 Å². The summed E-state index contributed by atoms with van der Waals surface area (Å²) in [6.07, 6.45) is 9.34. The van der Waals surface area contributed by atoms with E-state index < -0.39 is 0 Å². The average Bonchev–Trinajstić information content (AvgIpc) is 2.88. The molecule has 2 aromatic rings. The van der Waals surface area contributed by atoms with Crippen LogP contribution >= 0.6 is 27.3 Å². The van der Waals surface area contributed by atoms with E-state index in [0.29, 0.717) is 0 Å². The molecule has 0 bridgehead atoms. The van der Waals surface area contributed by atoms with Crippen LogP contribution in [0.2, 0.25) is 0 Å². The Balaban J connectivity index is 1.60. The van der Waals surface area contributed by atoms with Gasteiger partial charge in [-0.2, -0.15) is 0 Å². The molecule has 3 nitrogen and oxygen atoms in total. The van der Waals surface area contributed by atoms with Gasteiger partial charge < -0.3 is 5.32 Å². The highest BCUT2D eigenvalue weighted by Gasteiger charge is 2.01. The van der Waals surface area contributed by atoms with Crippen LogP contribution in [0.1, 0.15) is 31.4 Å². The number of aromatic nitrogens is 2. The van der Waals surface area contributed by atoms with E-state index in [0.717, 1.165) is 29.1 Å². The van der Waals surface area contributed by atoms with Gasteiger partial charge in [0.1, 0.15) is 0 Å². The summed E-state index contributed by atoms with van der Waals surface area (Å²) >= 11 is 5.13. The van der Waals surface area contributed by atoms with Crippen molar-refractivity contribution in [3.8, 4) is 0 Å². The van der Waals surface area contributed by atoms with E-state index >= 15 is 0 Å². The molecule has 2 aromatic heterocycles. The fourth-order valence-electron chi connectivity index (χ4n) is 1.78. The summed E-state index contributed by atoms with van der Waals surface area (Å²) in [7, 11) is 0. The molecule has 0 amide bonds. The first-order chi connectivity index (χ1) is 8.40. The van der Waals surface area contributed by atoms with E-state index in [4.69, 9.17) is 0 Å². The molecule has 0 saturated carbocycles. The van der Waals surface area contributed by atoms with Crippen molar-refractivity contribution in [1.29, 1.82) is 0 Å². The Labute approximate surface area is 114 Å². The predicted molar refractivity (Wildman–Crippen MR) is 77.0 cm³/mol. The van der Waals surface area contributed by atoms with Crippen molar-refractivity contribution >= 4 is 32.2 Å². The van der Waals surface area contributed by atoms with Crippen LogP contribution in [0, 0.1) is 0 Å². The Morgan fingerprint density at radius 1 is 1.29 bits per heavy atom. The Kier molecular flexibility index (Phi) is 5.48. The van der Waals surface area contributed by atoms with E-state index in [1.807, 2.05) is 0 Å². The molecule has 1 N–H and O–H groups in total. The molecule has 0 aliphatic carbocycles. The second-order valence-electron chi connectivity index (χ2n) is 4.11. The van der Waals surface area contributed by atoms with Crippen molar-refractivity contribution < 1.29 is 0 Å². The minimum Gasteiger partial charge on any atom is -0.311 e. The highest BCUT2D eigenvalue weighted by Crippen LogP contribution is 2.11. The largest absolute Gasteiger partial charge is 0.311 e. The molecule has 0 aliphatic rings. The van der Waals surface area contributed by atoms with E-state index in [9.17, 15) is 0 Å². The number of hydrogen-bond acceptors (Lipinski definition) is 3. The first-order valence-electron chi connectivity index (χ1n) is 6.08. The van der Waals surface area contributed by atoms with Gasteiger partial charge in [-0.05, 0) is 19.4 Å². The zero-order chi connectivity index (χ0) is 11.9. The SMILES string of the molecule is BrCCCCCCNCc1cn2ccsc2n1. The number of nitrogens with one attached hydrogen (secondary N) is 1. The second-order valence-corrected chi connectivity index (χ2v) is 5.77. The minimum absolute atomic E-state index is 0.882. The highest BCUT2D eigenvalue weighted by atomic mass is 79.9. The lowest BCUT2D eigenvalue weighted by atomic mass is 10.2. The van der Waals surface area contributed by atoms with Gasteiger partial charge in [-0.15, -0.1) is 11.3 Å². The molecule has 0 fully saturated rings. The lowest BCUT2D eigenvalue weighted by Crippen LogP contribution is -2.14. The molecule has 5 heteroatoms. The monoisotopic (exact) mass is 315 g/mol. The number of thiazole rings is 1. The average molecular weight is 316 g/mol. The van der Waals surface area contributed by atoms with Gasteiger partial charge in [-0.25, -0.2) is 4.98 Å². The van der Waals surface area contributed by atoms with Crippen molar-refractivity contribution in [2.24, 2.45) is 0 Å². The summed E-state index contributed by atoms with van der Waals surface area (Å²) in [5.41, 5.74) is 1.14. The van der Waals surface area contributed by atoms with Crippen LogP contribution in [0.25, 0.3) is 4.96 Å². The normalized spacial score (nSPS) is 11.4. The van der Waals surface area contributed by atoms with Crippen molar-refractivity contribution in [3.63, 3.8) is 0 Å². The van der Waals surface area contributed by atoms with E-state index in [-0.39, 0.29) is 0 Å². The van der Waals surface area contributed by atoms with Crippen molar-refractivity contribution in [3.05, 3.63) is 23.5 Å². The molecule has 94 valence electrons. The topological polar surface area (TPSA) is 29.3 Å². The maximum absolute atomic E-state index is 4.53. The molecule has 0 saturated heterocycles. The fraction of sp³-hybridized carbons (Fsp3) is 0.583. The van der Waals surface area contributed by atoms with Gasteiger partial charge in [0.05, 0.1) is 5.69 Å². The molecule has 0 aromatic carbocycles. The summed E-state index contributed by atoms with van der Waals surface area (Å²) in [4.78, 5) is 5.62. The smallest absolute Gasteiger partial charge is 0.193 e. The lowest BCUT2D eigenvalue weighted by molar-refractivity contribution is 0.596.